The number of furan rings is 1. The second-order valence-electron chi connectivity index (χ2n) is 7.37. The molecule has 0 saturated carbocycles. The molecule has 1 atom stereocenters. The molecule has 1 aliphatic rings. The number of thioether (sulfide) groups is 1. The van der Waals surface area contributed by atoms with Crippen LogP contribution in [0.3, 0.4) is 0 Å². The van der Waals surface area contributed by atoms with E-state index in [4.69, 9.17) is 4.42 Å². The van der Waals surface area contributed by atoms with Crippen molar-refractivity contribution in [3.63, 3.8) is 0 Å². The molecular formula is C19H28N6O3S. The van der Waals surface area contributed by atoms with Crippen molar-refractivity contribution in [2.75, 3.05) is 18.0 Å². The Morgan fingerprint density at radius 1 is 1.21 bits per heavy atom. The van der Waals surface area contributed by atoms with Crippen LogP contribution in [0.1, 0.15) is 45.8 Å². The summed E-state index contributed by atoms with van der Waals surface area (Å²) in [4.78, 5) is 26.4. The van der Waals surface area contributed by atoms with Gasteiger partial charge in [0.25, 0.3) is 0 Å². The Labute approximate surface area is 174 Å². The van der Waals surface area contributed by atoms with Crippen molar-refractivity contribution in [1.82, 2.24) is 25.4 Å². The Morgan fingerprint density at radius 2 is 1.97 bits per heavy atom. The Bertz CT molecular complexity index is 814. The predicted molar refractivity (Wildman–Crippen MR) is 111 cm³/mol. The van der Waals surface area contributed by atoms with Crippen molar-refractivity contribution >= 4 is 29.6 Å². The number of nitrogens with zero attached hydrogens (tertiary/aromatic N) is 4. The van der Waals surface area contributed by atoms with E-state index < -0.39 is 11.3 Å². The first kappa shape index (κ1) is 21.2. The van der Waals surface area contributed by atoms with Crippen molar-refractivity contribution in [3.05, 3.63) is 24.2 Å². The number of amides is 3. The summed E-state index contributed by atoms with van der Waals surface area (Å²) in [5.41, 5.74) is 0. The maximum atomic E-state index is 12.4. The lowest BCUT2D eigenvalue weighted by molar-refractivity contribution is -0.119. The molecule has 158 valence electrons. The number of rotatable bonds is 7. The summed E-state index contributed by atoms with van der Waals surface area (Å²) < 4.78 is 7.49. The van der Waals surface area contributed by atoms with E-state index in [1.165, 1.54) is 18.2 Å². The van der Waals surface area contributed by atoms with Crippen LogP contribution >= 0.6 is 11.8 Å². The molecule has 9 nitrogen and oxygen atoms in total. The number of piperidine rings is 1. The zero-order valence-corrected chi connectivity index (χ0v) is 17.9. The number of hydrogen-bond acceptors (Lipinski definition) is 7. The molecule has 1 aliphatic heterocycles. The average Bonchev–Trinajstić information content (AvgIpc) is 3.32. The molecule has 29 heavy (non-hydrogen) atoms. The van der Waals surface area contributed by atoms with Crippen molar-refractivity contribution in [2.45, 2.75) is 63.0 Å². The molecule has 0 bridgehead atoms. The molecule has 0 spiro atoms. The summed E-state index contributed by atoms with van der Waals surface area (Å²) in [5.74, 6) is 1.20. The van der Waals surface area contributed by atoms with E-state index in [1.54, 1.807) is 13.2 Å². The summed E-state index contributed by atoms with van der Waals surface area (Å²) in [5, 5.41) is 13.9. The predicted octanol–water partition coefficient (Wildman–Crippen LogP) is 2.62. The van der Waals surface area contributed by atoms with Crippen LogP contribution in [0, 0.1) is 0 Å². The summed E-state index contributed by atoms with van der Waals surface area (Å²) in [6.07, 6.45) is 5.11. The Balaban J connectivity index is 1.74. The molecule has 2 aromatic heterocycles. The summed E-state index contributed by atoms with van der Waals surface area (Å²) in [6.45, 7) is 7.77. The minimum absolute atomic E-state index is 0.0470. The smallest absolute Gasteiger partial charge is 0.321 e. The highest BCUT2D eigenvalue weighted by molar-refractivity contribution is 8.00. The highest BCUT2D eigenvalue weighted by Crippen LogP contribution is 2.28. The third kappa shape index (κ3) is 5.75. The number of carbonyl (C=O) groups is 2. The molecule has 2 N–H and O–H groups in total. The number of carbonyl (C=O) groups excluding carboxylic acids is 2. The molecule has 0 radical (unpaired) electrons. The third-order valence-electron chi connectivity index (χ3n) is 4.54. The third-order valence-corrected chi connectivity index (χ3v) is 5.62. The molecular weight excluding hydrogens is 392 g/mol. The zero-order valence-electron chi connectivity index (χ0n) is 17.1. The Kier molecular flexibility index (Phi) is 7.18. The number of urea groups is 1. The quantitative estimate of drug-likeness (QED) is 0.663. The van der Waals surface area contributed by atoms with Crippen molar-refractivity contribution in [2.24, 2.45) is 0 Å². The molecule has 3 amide bonds. The molecule has 1 fully saturated rings. The number of nitrogens with one attached hydrogen (secondary N) is 2. The Morgan fingerprint density at radius 3 is 2.62 bits per heavy atom. The highest BCUT2D eigenvalue weighted by atomic mass is 32.2. The van der Waals surface area contributed by atoms with Crippen LogP contribution in [-0.2, 0) is 11.3 Å². The van der Waals surface area contributed by atoms with Crippen molar-refractivity contribution in [3.8, 4) is 0 Å². The first-order chi connectivity index (χ1) is 13.9. The van der Waals surface area contributed by atoms with Gasteiger partial charge < -0.3 is 14.6 Å². The molecule has 0 aliphatic carbocycles. The van der Waals surface area contributed by atoms with Crippen LogP contribution in [-0.4, -0.2) is 51.1 Å². The lowest BCUT2D eigenvalue weighted by Gasteiger charge is -2.27. The topological polar surface area (TPSA) is 105 Å². The van der Waals surface area contributed by atoms with Crippen molar-refractivity contribution in [1.29, 1.82) is 0 Å². The van der Waals surface area contributed by atoms with Crippen molar-refractivity contribution < 1.29 is 14.0 Å². The first-order valence-corrected chi connectivity index (χ1v) is 10.8. The van der Waals surface area contributed by atoms with E-state index in [9.17, 15) is 9.59 Å². The van der Waals surface area contributed by atoms with Crippen LogP contribution in [0.2, 0.25) is 0 Å². The van der Waals surface area contributed by atoms with Gasteiger partial charge in [-0.05, 0) is 52.2 Å². The average molecular weight is 421 g/mol. The zero-order chi connectivity index (χ0) is 20.8. The van der Waals surface area contributed by atoms with Crippen LogP contribution in [0.4, 0.5) is 10.7 Å². The van der Waals surface area contributed by atoms with Gasteiger partial charge in [-0.2, -0.15) is 0 Å². The van der Waals surface area contributed by atoms with E-state index >= 15 is 0 Å². The molecule has 2 aromatic rings. The van der Waals surface area contributed by atoms with Gasteiger partial charge in [-0.1, -0.05) is 11.8 Å². The monoisotopic (exact) mass is 420 g/mol. The molecule has 0 aromatic carbocycles. The van der Waals surface area contributed by atoms with Crippen LogP contribution < -0.4 is 15.5 Å². The second kappa shape index (κ2) is 9.82. The van der Waals surface area contributed by atoms with Crippen LogP contribution in [0.15, 0.2) is 28.0 Å². The SMILES string of the molecule is CC(C)NC(=O)NC(=O)C(C)Sc1nnc(N2CCCCC2)n1Cc1ccco1. The van der Waals surface area contributed by atoms with E-state index in [0.717, 1.165) is 37.6 Å². The van der Waals surface area contributed by atoms with Gasteiger partial charge in [0.2, 0.25) is 11.9 Å². The molecule has 10 heteroatoms. The number of imide groups is 1. The maximum absolute atomic E-state index is 12.4. The van der Waals surface area contributed by atoms with Gasteiger partial charge in [-0.15, -0.1) is 10.2 Å². The van der Waals surface area contributed by atoms with E-state index in [-0.39, 0.29) is 11.9 Å². The fourth-order valence-corrected chi connectivity index (χ4v) is 3.96. The fraction of sp³-hybridized carbons (Fsp3) is 0.579. The van der Waals surface area contributed by atoms with Gasteiger partial charge in [-0.3, -0.25) is 14.7 Å². The van der Waals surface area contributed by atoms with Gasteiger partial charge in [0.15, 0.2) is 5.16 Å². The number of aromatic nitrogens is 3. The molecule has 1 unspecified atom stereocenters. The largest absolute Gasteiger partial charge is 0.467 e. The van der Waals surface area contributed by atoms with Gasteiger partial charge in [0.1, 0.15) is 5.76 Å². The maximum Gasteiger partial charge on any atom is 0.321 e. The normalized spacial score (nSPS) is 15.4. The standard InChI is InChI=1S/C19H28N6O3S/c1-13(2)20-17(27)21-16(26)14(3)29-19-23-22-18(24-9-5-4-6-10-24)25(19)12-15-8-7-11-28-15/h7-8,11,13-14H,4-6,9-10,12H2,1-3H3,(H2,20,21,26,27). The van der Waals surface area contributed by atoms with Gasteiger partial charge in [0.05, 0.1) is 18.1 Å². The minimum Gasteiger partial charge on any atom is -0.467 e. The highest BCUT2D eigenvalue weighted by Gasteiger charge is 2.25. The van der Waals surface area contributed by atoms with Gasteiger partial charge in [0, 0.05) is 19.1 Å². The van der Waals surface area contributed by atoms with E-state index in [0.29, 0.717) is 11.7 Å². The molecule has 3 rings (SSSR count). The van der Waals surface area contributed by atoms with E-state index in [2.05, 4.69) is 25.7 Å². The first-order valence-electron chi connectivity index (χ1n) is 9.92. The van der Waals surface area contributed by atoms with Crippen LogP contribution in [0.25, 0.3) is 0 Å². The number of hydrogen-bond donors (Lipinski definition) is 2. The summed E-state index contributed by atoms with van der Waals surface area (Å²) >= 11 is 1.27. The Hall–Kier alpha value is -2.49. The number of anilines is 1. The minimum atomic E-state index is -0.512. The van der Waals surface area contributed by atoms with E-state index in [1.807, 2.05) is 30.5 Å². The van der Waals surface area contributed by atoms with Gasteiger partial charge in [-0.25, -0.2) is 4.79 Å². The summed E-state index contributed by atoms with van der Waals surface area (Å²) in [7, 11) is 0. The van der Waals surface area contributed by atoms with Gasteiger partial charge >= 0.3 is 6.03 Å². The second-order valence-corrected chi connectivity index (χ2v) is 8.68. The summed E-state index contributed by atoms with van der Waals surface area (Å²) in [6, 6.07) is 3.20. The molecule has 1 saturated heterocycles. The van der Waals surface area contributed by atoms with Crippen LogP contribution in [0.5, 0.6) is 0 Å². The lowest BCUT2D eigenvalue weighted by atomic mass is 10.1. The molecule has 3 heterocycles. The fourth-order valence-electron chi connectivity index (χ4n) is 3.12. The lowest BCUT2D eigenvalue weighted by Crippen LogP contribution is -2.45.